The van der Waals surface area contributed by atoms with Crippen LogP contribution in [0.5, 0.6) is 0 Å². The van der Waals surface area contributed by atoms with Crippen molar-refractivity contribution in [1.82, 2.24) is 10.2 Å². The van der Waals surface area contributed by atoms with Gasteiger partial charge in [0.2, 0.25) is 0 Å². The van der Waals surface area contributed by atoms with E-state index >= 15 is 0 Å². The van der Waals surface area contributed by atoms with Gasteiger partial charge in [-0.05, 0) is 41.5 Å². The Morgan fingerprint density at radius 3 is 2.38 bits per heavy atom. The van der Waals surface area contributed by atoms with Crippen LogP contribution in [0.2, 0.25) is 0 Å². The second kappa shape index (κ2) is 7.42. The molecule has 6 heteroatoms. The van der Waals surface area contributed by atoms with Crippen molar-refractivity contribution in [2.24, 2.45) is 0 Å². The lowest BCUT2D eigenvalue weighted by Crippen LogP contribution is -2.50. The number of carbonyl (C=O) groups is 1. The first kappa shape index (κ1) is 18.2. The second-order valence-electron chi connectivity index (χ2n) is 6.73. The fraction of sp³-hybridized carbons (Fsp3) is 0.933. The summed E-state index contributed by atoms with van der Waals surface area (Å²) < 4.78 is 16.5. The Morgan fingerprint density at radius 1 is 1.33 bits per heavy atom. The van der Waals surface area contributed by atoms with Crippen molar-refractivity contribution in [1.29, 1.82) is 0 Å². The van der Waals surface area contributed by atoms with Crippen molar-refractivity contribution in [2.75, 3.05) is 32.8 Å². The fourth-order valence-electron chi connectivity index (χ4n) is 1.92. The molecule has 21 heavy (non-hydrogen) atoms. The van der Waals surface area contributed by atoms with Gasteiger partial charge in [0.25, 0.3) is 0 Å². The maximum Gasteiger partial charge on any atom is 0.410 e. The summed E-state index contributed by atoms with van der Waals surface area (Å²) in [7, 11) is 0. The van der Waals surface area contributed by atoms with Crippen molar-refractivity contribution >= 4 is 6.09 Å². The molecule has 0 aromatic heterocycles. The molecule has 124 valence electrons. The third kappa shape index (κ3) is 7.11. The van der Waals surface area contributed by atoms with Crippen LogP contribution in [-0.2, 0) is 14.2 Å². The molecule has 1 heterocycles. The number of hydrogen-bond donors (Lipinski definition) is 1. The van der Waals surface area contributed by atoms with Crippen LogP contribution >= 0.6 is 0 Å². The van der Waals surface area contributed by atoms with Crippen LogP contribution in [0.4, 0.5) is 4.79 Å². The number of nitrogens with zero attached hydrogens (tertiary/aromatic N) is 1. The van der Waals surface area contributed by atoms with Gasteiger partial charge in [-0.1, -0.05) is 0 Å². The van der Waals surface area contributed by atoms with Gasteiger partial charge in [0.05, 0.1) is 19.3 Å². The average Bonchev–Trinajstić information content (AvgIpc) is 2.34. The third-order valence-corrected chi connectivity index (χ3v) is 3.11. The van der Waals surface area contributed by atoms with E-state index in [1.165, 1.54) is 0 Å². The van der Waals surface area contributed by atoms with E-state index in [2.05, 4.69) is 5.32 Å². The standard InChI is InChI=1S/C15H30N2O4/c1-7-17(13(18)21-14(2,3)4)9-8-16-12-10-19-15(5,6)20-11-12/h12,16H,7-11H2,1-6H3. The van der Waals surface area contributed by atoms with Gasteiger partial charge in [0.15, 0.2) is 5.79 Å². The number of hydrogen-bond acceptors (Lipinski definition) is 5. The van der Waals surface area contributed by atoms with Crippen LogP contribution in [0.25, 0.3) is 0 Å². The van der Waals surface area contributed by atoms with E-state index in [1.807, 2.05) is 41.5 Å². The van der Waals surface area contributed by atoms with Crippen LogP contribution in [0.15, 0.2) is 0 Å². The molecule has 0 aromatic rings. The van der Waals surface area contributed by atoms with E-state index in [0.29, 0.717) is 32.8 Å². The summed E-state index contributed by atoms with van der Waals surface area (Å²) in [5, 5.41) is 3.34. The molecule has 1 N–H and O–H groups in total. The molecule has 6 nitrogen and oxygen atoms in total. The summed E-state index contributed by atoms with van der Waals surface area (Å²) in [6.45, 7) is 14.5. The fourth-order valence-corrected chi connectivity index (χ4v) is 1.92. The minimum Gasteiger partial charge on any atom is -0.444 e. The Balaban J connectivity index is 2.28. The topological polar surface area (TPSA) is 60.0 Å². The molecular formula is C15H30N2O4. The lowest BCUT2D eigenvalue weighted by molar-refractivity contribution is -0.252. The smallest absolute Gasteiger partial charge is 0.410 e. The van der Waals surface area contributed by atoms with E-state index in [9.17, 15) is 4.79 Å². The number of likely N-dealkylation sites (N-methyl/N-ethyl adjacent to an activating group) is 1. The highest BCUT2D eigenvalue weighted by Crippen LogP contribution is 2.16. The van der Waals surface area contributed by atoms with Gasteiger partial charge < -0.3 is 24.4 Å². The van der Waals surface area contributed by atoms with E-state index in [-0.39, 0.29) is 12.1 Å². The zero-order chi connectivity index (χ0) is 16.1. The first-order chi connectivity index (χ1) is 9.63. The summed E-state index contributed by atoms with van der Waals surface area (Å²) >= 11 is 0. The first-order valence-electron chi connectivity index (χ1n) is 7.62. The van der Waals surface area contributed by atoms with Gasteiger partial charge in [0.1, 0.15) is 5.60 Å². The Bertz CT molecular complexity index is 329. The van der Waals surface area contributed by atoms with E-state index in [1.54, 1.807) is 4.90 Å². The van der Waals surface area contributed by atoms with Crippen LogP contribution in [0.1, 0.15) is 41.5 Å². The number of carbonyl (C=O) groups excluding carboxylic acids is 1. The van der Waals surface area contributed by atoms with Gasteiger partial charge in [-0.3, -0.25) is 0 Å². The summed E-state index contributed by atoms with van der Waals surface area (Å²) in [6.07, 6.45) is -0.274. The molecule has 1 fully saturated rings. The molecular weight excluding hydrogens is 272 g/mol. The van der Waals surface area contributed by atoms with Gasteiger partial charge in [0, 0.05) is 19.6 Å². The molecule has 0 aliphatic carbocycles. The van der Waals surface area contributed by atoms with Crippen LogP contribution < -0.4 is 5.32 Å². The predicted octanol–water partition coefficient (Wildman–Crippen LogP) is 1.98. The molecule has 0 aromatic carbocycles. The third-order valence-electron chi connectivity index (χ3n) is 3.11. The van der Waals surface area contributed by atoms with E-state index < -0.39 is 11.4 Å². The van der Waals surface area contributed by atoms with Crippen LogP contribution in [0.3, 0.4) is 0 Å². The molecule has 1 aliphatic rings. The minimum atomic E-state index is -0.496. The highest BCUT2D eigenvalue weighted by molar-refractivity contribution is 5.68. The lowest BCUT2D eigenvalue weighted by atomic mass is 10.2. The maximum absolute atomic E-state index is 12.0. The van der Waals surface area contributed by atoms with Crippen molar-refractivity contribution in [2.45, 2.75) is 59.0 Å². The summed E-state index contributed by atoms with van der Waals surface area (Å²) in [4.78, 5) is 13.7. The average molecular weight is 302 g/mol. The predicted molar refractivity (Wildman–Crippen MR) is 81.3 cm³/mol. The zero-order valence-electron chi connectivity index (χ0n) is 14.2. The number of amides is 1. The lowest BCUT2D eigenvalue weighted by Gasteiger charge is -2.35. The molecule has 0 saturated carbocycles. The molecule has 0 radical (unpaired) electrons. The van der Waals surface area contributed by atoms with Crippen LogP contribution in [0, 0.1) is 0 Å². The maximum atomic E-state index is 12.0. The number of rotatable bonds is 5. The number of nitrogens with one attached hydrogen (secondary N) is 1. The molecule has 0 spiro atoms. The Kier molecular flexibility index (Phi) is 6.43. The van der Waals surface area contributed by atoms with Gasteiger partial charge in [-0.15, -0.1) is 0 Å². The van der Waals surface area contributed by atoms with Crippen molar-refractivity contribution < 1.29 is 19.0 Å². The van der Waals surface area contributed by atoms with Crippen molar-refractivity contribution in [3.63, 3.8) is 0 Å². The molecule has 1 saturated heterocycles. The quantitative estimate of drug-likeness (QED) is 0.841. The molecule has 1 aliphatic heterocycles. The van der Waals surface area contributed by atoms with Gasteiger partial charge >= 0.3 is 6.09 Å². The SMILES string of the molecule is CCN(CCNC1COC(C)(C)OC1)C(=O)OC(C)(C)C. The Morgan fingerprint density at radius 2 is 1.90 bits per heavy atom. The summed E-state index contributed by atoms with van der Waals surface area (Å²) in [6, 6.07) is 0.162. The summed E-state index contributed by atoms with van der Waals surface area (Å²) in [5.41, 5.74) is -0.464. The molecule has 1 rings (SSSR count). The molecule has 0 bridgehead atoms. The Labute approximate surface area is 128 Å². The molecule has 0 unspecified atom stereocenters. The highest BCUT2D eigenvalue weighted by Gasteiger charge is 2.28. The Hall–Kier alpha value is -0.850. The first-order valence-corrected chi connectivity index (χ1v) is 7.62. The van der Waals surface area contributed by atoms with Crippen molar-refractivity contribution in [3.05, 3.63) is 0 Å². The minimum absolute atomic E-state index is 0.162. The van der Waals surface area contributed by atoms with Gasteiger partial charge in [-0.2, -0.15) is 0 Å². The second-order valence-corrected chi connectivity index (χ2v) is 6.73. The zero-order valence-corrected chi connectivity index (χ0v) is 14.2. The molecule has 0 atom stereocenters. The summed E-state index contributed by atoms with van der Waals surface area (Å²) in [5.74, 6) is -0.496. The normalized spacial score (nSPS) is 19.3. The molecule has 1 amide bonds. The van der Waals surface area contributed by atoms with Gasteiger partial charge in [-0.25, -0.2) is 4.79 Å². The largest absolute Gasteiger partial charge is 0.444 e. The highest BCUT2D eigenvalue weighted by atomic mass is 16.7. The van der Waals surface area contributed by atoms with E-state index in [4.69, 9.17) is 14.2 Å². The van der Waals surface area contributed by atoms with E-state index in [0.717, 1.165) is 0 Å². The number of ether oxygens (including phenoxy) is 3. The van der Waals surface area contributed by atoms with Crippen molar-refractivity contribution in [3.8, 4) is 0 Å². The monoisotopic (exact) mass is 302 g/mol. The van der Waals surface area contributed by atoms with Crippen LogP contribution in [-0.4, -0.2) is 61.3 Å².